The molecule has 0 radical (unpaired) electrons. The average Bonchev–Trinajstić information content (AvgIpc) is 2.96. The van der Waals surface area contributed by atoms with E-state index in [0.29, 0.717) is 23.5 Å². The van der Waals surface area contributed by atoms with Crippen LogP contribution in [0.3, 0.4) is 0 Å². The number of ether oxygens (including phenoxy) is 3. The number of nitrogens with zero attached hydrogens (tertiary/aromatic N) is 1. The lowest BCUT2D eigenvalue weighted by molar-refractivity contribution is -0.139. The van der Waals surface area contributed by atoms with Crippen LogP contribution < -0.4 is 30.3 Å². The van der Waals surface area contributed by atoms with Crippen molar-refractivity contribution in [2.24, 2.45) is 5.10 Å². The van der Waals surface area contributed by atoms with E-state index < -0.39 is 36.1 Å². The molecule has 0 spiro atoms. The van der Waals surface area contributed by atoms with Crippen LogP contribution in [0.1, 0.15) is 16.7 Å². The summed E-state index contributed by atoms with van der Waals surface area (Å²) in [5.41, 5.74) is 2.48. The Bertz CT molecular complexity index is 1470. The Kier molecular flexibility index (Phi) is 11.1. The summed E-state index contributed by atoms with van der Waals surface area (Å²) in [6, 6.07) is 13.9. The Morgan fingerprint density at radius 3 is 2.36 bits per heavy atom. The molecule has 0 fully saturated rings. The molecule has 3 N–H and O–H groups in total. The Labute approximate surface area is 243 Å². The van der Waals surface area contributed by atoms with E-state index in [9.17, 15) is 27.6 Å². The molecule has 42 heavy (non-hydrogen) atoms. The van der Waals surface area contributed by atoms with E-state index >= 15 is 0 Å². The second kappa shape index (κ2) is 14.7. The van der Waals surface area contributed by atoms with Crippen molar-refractivity contribution in [3.63, 3.8) is 0 Å². The number of nitrogens with one attached hydrogen (secondary N) is 3. The molecule has 0 saturated carbocycles. The van der Waals surface area contributed by atoms with E-state index in [-0.39, 0.29) is 23.0 Å². The van der Waals surface area contributed by atoms with Crippen LogP contribution in [0.5, 0.6) is 17.2 Å². The normalized spacial score (nSPS) is 11.1. The summed E-state index contributed by atoms with van der Waals surface area (Å²) in [7, 11) is 3.04. The van der Waals surface area contributed by atoms with E-state index in [1.165, 1.54) is 50.8 Å². The number of methoxy groups -OCH3 is 2. The van der Waals surface area contributed by atoms with Crippen LogP contribution in [-0.2, 0) is 27.0 Å². The van der Waals surface area contributed by atoms with Crippen LogP contribution in [0.2, 0.25) is 5.02 Å². The SMILES string of the molecule is COc1ccc(CCNC(=O)C(=O)N/N=C\c2ccc(OCC(=O)Nc3cccc(C(F)(F)F)c3)c(Cl)c2)cc1OC. The van der Waals surface area contributed by atoms with Gasteiger partial charge in [0.2, 0.25) is 0 Å². The number of halogens is 4. The number of hydrazone groups is 1. The topological polar surface area (TPSA) is 127 Å². The highest BCUT2D eigenvalue weighted by Crippen LogP contribution is 2.31. The van der Waals surface area contributed by atoms with Gasteiger partial charge in [-0.15, -0.1) is 0 Å². The van der Waals surface area contributed by atoms with Crippen LogP contribution in [0.4, 0.5) is 18.9 Å². The molecule has 0 aliphatic carbocycles. The van der Waals surface area contributed by atoms with Gasteiger partial charge in [-0.2, -0.15) is 18.3 Å². The van der Waals surface area contributed by atoms with Crippen molar-refractivity contribution >= 4 is 41.2 Å². The van der Waals surface area contributed by atoms with Crippen molar-refractivity contribution < 1.29 is 41.8 Å². The number of rotatable bonds is 11. The van der Waals surface area contributed by atoms with Gasteiger partial charge in [0.05, 0.1) is 31.0 Å². The minimum Gasteiger partial charge on any atom is -0.493 e. The summed E-state index contributed by atoms with van der Waals surface area (Å²) >= 11 is 6.17. The van der Waals surface area contributed by atoms with Gasteiger partial charge < -0.3 is 24.8 Å². The minimum absolute atomic E-state index is 0.0373. The fourth-order valence-electron chi connectivity index (χ4n) is 3.48. The highest BCUT2D eigenvalue weighted by Gasteiger charge is 2.30. The van der Waals surface area contributed by atoms with Crippen molar-refractivity contribution in [1.29, 1.82) is 0 Å². The number of hydrogen-bond acceptors (Lipinski definition) is 7. The quantitative estimate of drug-likeness (QED) is 0.171. The highest BCUT2D eigenvalue weighted by atomic mass is 35.5. The molecule has 10 nitrogen and oxygen atoms in total. The zero-order valence-electron chi connectivity index (χ0n) is 22.4. The number of alkyl halides is 3. The molecule has 0 unspecified atom stereocenters. The first kappa shape index (κ1) is 31.7. The summed E-state index contributed by atoms with van der Waals surface area (Å²) in [6.07, 6.45) is -2.85. The van der Waals surface area contributed by atoms with Gasteiger partial charge >= 0.3 is 18.0 Å². The van der Waals surface area contributed by atoms with Crippen molar-refractivity contribution in [1.82, 2.24) is 10.7 Å². The zero-order chi connectivity index (χ0) is 30.7. The van der Waals surface area contributed by atoms with Crippen molar-refractivity contribution in [2.45, 2.75) is 12.6 Å². The number of hydrogen-bond donors (Lipinski definition) is 3. The number of amides is 3. The summed E-state index contributed by atoms with van der Waals surface area (Å²) in [5, 5.41) is 8.64. The molecule has 3 rings (SSSR count). The van der Waals surface area contributed by atoms with Crippen LogP contribution in [0.15, 0.2) is 65.8 Å². The van der Waals surface area contributed by atoms with Crippen LogP contribution in [0, 0.1) is 0 Å². The maximum Gasteiger partial charge on any atom is 0.416 e. The number of benzene rings is 3. The third-order valence-corrected chi connectivity index (χ3v) is 5.82. The van der Waals surface area contributed by atoms with Gasteiger partial charge in [0, 0.05) is 12.2 Å². The molecular weight excluding hydrogens is 581 g/mol. The molecular formula is C28H26ClF3N4O6. The first-order valence-electron chi connectivity index (χ1n) is 12.2. The largest absolute Gasteiger partial charge is 0.493 e. The van der Waals surface area contributed by atoms with Gasteiger partial charge in [0.25, 0.3) is 5.91 Å². The molecule has 0 aliphatic heterocycles. The molecule has 0 aromatic heterocycles. The van der Waals surface area contributed by atoms with Gasteiger partial charge in [-0.1, -0.05) is 23.7 Å². The van der Waals surface area contributed by atoms with E-state index in [1.54, 1.807) is 12.1 Å². The second-order valence-electron chi connectivity index (χ2n) is 8.50. The summed E-state index contributed by atoms with van der Waals surface area (Å²) in [4.78, 5) is 36.2. The zero-order valence-corrected chi connectivity index (χ0v) is 23.1. The van der Waals surface area contributed by atoms with E-state index in [2.05, 4.69) is 21.2 Å². The lowest BCUT2D eigenvalue weighted by Gasteiger charge is -2.11. The minimum atomic E-state index is -4.54. The van der Waals surface area contributed by atoms with Gasteiger partial charge in [0.15, 0.2) is 18.1 Å². The van der Waals surface area contributed by atoms with Crippen molar-refractivity contribution in [3.8, 4) is 17.2 Å². The molecule has 0 bridgehead atoms. The number of anilines is 1. The van der Waals surface area contributed by atoms with Crippen molar-refractivity contribution in [3.05, 3.63) is 82.4 Å². The molecule has 3 amide bonds. The molecule has 0 saturated heterocycles. The Hall–Kier alpha value is -4.78. The molecule has 0 aliphatic rings. The molecule has 222 valence electrons. The van der Waals surface area contributed by atoms with Crippen LogP contribution in [0.25, 0.3) is 0 Å². The Morgan fingerprint density at radius 2 is 1.67 bits per heavy atom. The summed E-state index contributed by atoms with van der Waals surface area (Å²) in [6.45, 7) is -0.318. The fraction of sp³-hybridized carbons (Fsp3) is 0.214. The lowest BCUT2D eigenvalue weighted by atomic mass is 10.1. The van der Waals surface area contributed by atoms with Crippen molar-refractivity contribution in [2.75, 3.05) is 32.7 Å². The van der Waals surface area contributed by atoms with Gasteiger partial charge in [-0.25, -0.2) is 5.43 Å². The molecule has 3 aromatic carbocycles. The van der Waals surface area contributed by atoms with E-state index in [1.807, 2.05) is 6.07 Å². The predicted molar refractivity (Wildman–Crippen MR) is 149 cm³/mol. The summed E-state index contributed by atoms with van der Waals surface area (Å²) < 4.78 is 54.3. The Morgan fingerprint density at radius 1 is 0.929 bits per heavy atom. The van der Waals surface area contributed by atoms with E-state index in [4.69, 9.17) is 25.8 Å². The molecule has 14 heteroatoms. The molecule has 0 heterocycles. The van der Waals surface area contributed by atoms with E-state index in [0.717, 1.165) is 17.7 Å². The standard InChI is InChI=1S/C28H26ClF3N4O6/c1-40-23-9-6-17(13-24(23)41-2)10-11-33-26(38)27(39)36-34-15-18-7-8-22(21(29)12-18)42-16-25(37)35-20-5-3-4-19(14-20)28(30,31)32/h3-9,12-15H,10-11,16H2,1-2H3,(H,33,38)(H,35,37)(H,36,39)/b34-15-. The maximum absolute atomic E-state index is 12.8. The predicted octanol–water partition coefficient (Wildman–Crippen LogP) is 4.20. The third kappa shape index (κ3) is 9.41. The summed E-state index contributed by atoms with van der Waals surface area (Å²) in [5.74, 6) is -1.29. The maximum atomic E-state index is 12.8. The fourth-order valence-corrected chi connectivity index (χ4v) is 3.72. The smallest absolute Gasteiger partial charge is 0.416 e. The van der Waals surface area contributed by atoms with Crippen LogP contribution >= 0.6 is 11.6 Å². The second-order valence-corrected chi connectivity index (χ2v) is 8.91. The average molecular weight is 607 g/mol. The first-order chi connectivity index (χ1) is 20.0. The first-order valence-corrected chi connectivity index (χ1v) is 12.6. The Balaban J connectivity index is 1.43. The van der Waals surface area contributed by atoms with Gasteiger partial charge in [-0.3, -0.25) is 14.4 Å². The third-order valence-electron chi connectivity index (χ3n) is 5.52. The number of carbonyl (C=O) groups is 3. The van der Waals surface area contributed by atoms with Crippen LogP contribution in [-0.4, -0.2) is 51.3 Å². The van der Waals surface area contributed by atoms with Gasteiger partial charge in [0.1, 0.15) is 5.75 Å². The van der Waals surface area contributed by atoms with Gasteiger partial charge in [-0.05, 0) is 66.1 Å². The monoisotopic (exact) mass is 606 g/mol. The highest BCUT2D eigenvalue weighted by molar-refractivity contribution is 6.35. The molecule has 0 atom stereocenters. The molecule has 3 aromatic rings. The lowest BCUT2D eigenvalue weighted by Crippen LogP contribution is -2.38. The number of carbonyl (C=O) groups excluding carboxylic acids is 3.